The summed E-state index contributed by atoms with van der Waals surface area (Å²) >= 11 is 3.36. The third kappa shape index (κ3) is 3.70. The Kier molecular flexibility index (Phi) is 4.96. The number of benzene rings is 2. The molecule has 0 radical (unpaired) electrons. The second-order valence-electron chi connectivity index (χ2n) is 4.89. The molecule has 0 saturated heterocycles. The highest BCUT2D eigenvalue weighted by atomic mass is 79.9. The highest BCUT2D eigenvalue weighted by Crippen LogP contribution is 2.21. The molecule has 3 heteroatoms. The van der Waals surface area contributed by atoms with Crippen LogP contribution in [0.3, 0.4) is 0 Å². The van der Waals surface area contributed by atoms with Gasteiger partial charge in [-0.15, -0.1) is 0 Å². The van der Waals surface area contributed by atoms with Crippen molar-refractivity contribution in [3.63, 3.8) is 0 Å². The van der Waals surface area contributed by atoms with Gasteiger partial charge in [0.25, 0.3) is 5.91 Å². The minimum absolute atomic E-state index is 0.0891. The van der Waals surface area contributed by atoms with E-state index in [-0.39, 0.29) is 5.91 Å². The maximum Gasteiger partial charge on any atom is 0.255 e. The zero-order chi connectivity index (χ0) is 14.5. The van der Waals surface area contributed by atoms with Gasteiger partial charge in [0.2, 0.25) is 0 Å². The molecule has 2 aromatic rings. The summed E-state index contributed by atoms with van der Waals surface area (Å²) in [6.45, 7) is 4.38. The first kappa shape index (κ1) is 14.8. The van der Waals surface area contributed by atoms with Crippen LogP contribution >= 0.6 is 15.9 Å². The van der Waals surface area contributed by atoms with E-state index in [2.05, 4.69) is 47.2 Å². The Bertz CT molecular complexity index is 575. The minimum Gasteiger partial charge on any atom is -0.322 e. The molecule has 0 aliphatic carbocycles. The fourth-order valence-electron chi connectivity index (χ4n) is 1.94. The molecule has 0 aromatic heterocycles. The Morgan fingerprint density at radius 1 is 1.10 bits per heavy atom. The van der Waals surface area contributed by atoms with Crippen molar-refractivity contribution >= 4 is 27.5 Å². The van der Waals surface area contributed by atoms with Crippen molar-refractivity contribution in [2.75, 3.05) is 5.32 Å². The predicted octanol–water partition coefficient (Wildman–Crippen LogP) is 5.21. The fourth-order valence-corrected chi connectivity index (χ4v) is 2.20. The Balaban J connectivity index is 2.06. The van der Waals surface area contributed by atoms with Crippen LogP contribution in [0.25, 0.3) is 0 Å². The smallest absolute Gasteiger partial charge is 0.255 e. The fraction of sp³-hybridized carbons (Fsp3) is 0.235. The maximum atomic E-state index is 12.1. The van der Waals surface area contributed by atoms with Gasteiger partial charge in [0.15, 0.2) is 0 Å². The second-order valence-corrected chi connectivity index (χ2v) is 5.81. The quantitative estimate of drug-likeness (QED) is 0.818. The van der Waals surface area contributed by atoms with Crippen LogP contribution < -0.4 is 5.32 Å². The van der Waals surface area contributed by atoms with Crippen molar-refractivity contribution in [2.24, 2.45) is 0 Å². The van der Waals surface area contributed by atoms with E-state index >= 15 is 0 Å². The molecule has 20 heavy (non-hydrogen) atoms. The Labute approximate surface area is 128 Å². The summed E-state index contributed by atoms with van der Waals surface area (Å²) in [7, 11) is 0. The number of carbonyl (C=O) groups excluding carboxylic acids is 1. The number of hydrogen-bond donors (Lipinski definition) is 1. The van der Waals surface area contributed by atoms with E-state index < -0.39 is 0 Å². The van der Waals surface area contributed by atoms with Crippen molar-refractivity contribution in [3.8, 4) is 0 Å². The van der Waals surface area contributed by atoms with E-state index in [1.807, 2.05) is 24.3 Å². The van der Waals surface area contributed by atoms with Gasteiger partial charge in [0.1, 0.15) is 0 Å². The second kappa shape index (κ2) is 6.71. The van der Waals surface area contributed by atoms with Crippen molar-refractivity contribution in [1.82, 2.24) is 0 Å². The van der Waals surface area contributed by atoms with Gasteiger partial charge in [-0.3, -0.25) is 4.79 Å². The molecule has 2 nitrogen and oxygen atoms in total. The molecule has 0 bridgehead atoms. The normalized spacial score (nSPS) is 11.9. The van der Waals surface area contributed by atoms with Crippen molar-refractivity contribution in [2.45, 2.75) is 26.2 Å². The van der Waals surface area contributed by atoms with Crippen LogP contribution in [0.15, 0.2) is 53.0 Å². The molecule has 2 aromatic carbocycles. The van der Waals surface area contributed by atoms with E-state index in [9.17, 15) is 4.79 Å². The summed E-state index contributed by atoms with van der Waals surface area (Å²) in [6.07, 6.45) is 1.12. The molecule has 0 aliphatic rings. The van der Waals surface area contributed by atoms with Gasteiger partial charge >= 0.3 is 0 Å². The van der Waals surface area contributed by atoms with Gasteiger partial charge in [-0.1, -0.05) is 41.9 Å². The highest BCUT2D eigenvalue weighted by Gasteiger charge is 2.07. The summed E-state index contributed by atoms with van der Waals surface area (Å²) in [5.74, 6) is 0.458. The molecule has 0 aliphatic heterocycles. The Morgan fingerprint density at radius 3 is 2.25 bits per heavy atom. The van der Waals surface area contributed by atoms with Crippen molar-refractivity contribution < 1.29 is 4.79 Å². The summed E-state index contributed by atoms with van der Waals surface area (Å²) in [4.78, 5) is 12.1. The van der Waals surface area contributed by atoms with Gasteiger partial charge < -0.3 is 5.32 Å². The molecule has 2 rings (SSSR count). The third-order valence-electron chi connectivity index (χ3n) is 3.46. The van der Waals surface area contributed by atoms with Gasteiger partial charge in [0, 0.05) is 15.7 Å². The van der Waals surface area contributed by atoms with Gasteiger partial charge in [-0.25, -0.2) is 0 Å². The lowest BCUT2D eigenvalue weighted by atomic mass is 9.98. The number of hydrogen-bond acceptors (Lipinski definition) is 1. The van der Waals surface area contributed by atoms with Crippen LogP contribution in [0.4, 0.5) is 5.69 Å². The van der Waals surface area contributed by atoms with Crippen LogP contribution in [0.2, 0.25) is 0 Å². The lowest BCUT2D eigenvalue weighted by Gasteiger charge is -2.10. The number of anilines is 1. The molecule has 1 N–H and O–H groups in total. The molecule has 1 unspecified atom stereocenters. The van der Waals surface area contributed by atoms with Crippen LogP contribution in [-0.4, -0.2) is 5.91 Å². The van der Waals surface area contributed by atoms with Gasteiger partial charge in [-0.05, 0) is 54.3 Å². The molecule has 0 fully saturated rings. The lowest BCUT2D eigenvalue weighted by molar-refractivity contribution is 0.102. The maximum absolute atomic E-state index is 12.1. The largest absolute Gasteiger partial charge is 0.322 e. The van der Waals surface area contributed by atoms with E-state index in [1.54, 1.807) is 12.1 Å². The van der Waals surface area contributed by atoms with Gasteiger partial charge in [0.05, 0.1) is 0 Å². The summed E-state index contributed by atoms with van der Waals surface area (Å²) in [6, 6.07) is 15.4. The first-order valence-corrected chi connectivity index (χ1v) is 7.56. The standard InChI is InChI=1S/C17H18BrNO/c1-3-12(2)13-6-10-16(11-7-13)19-17(20)14-4-8-15(18)9-5-14/h4-12H,3H2,1-2H3,(H,19,20). The van der Waals surface area contributed by atoms with E-state index in [4.69, 9.17) is 0 Å². The summed E-state index contributed by atoms with van der Waals surface area (Å²) in [5, 5.41) is 2.91. The number of carbonyl (C=O) groups is 1. The lowest BCUT2D eigenvalue weighted by Crippen LogP contribution is -2.11. The zero-order valence-electron chi connectivity index (χ0n) is 11.7. The molecule has 1 amide bonds. The SMILES string of the molecule is CCC(C)c1ccc(NC(=O)c2ccc(Br)cc2)cc1. The molecule has 0 heterocycles. The van der Waals surface area contributed by atoms with Crippen LogP contribution in [0.1, 0.15) is 42.1 Å². The third-order valence-corrected chi connectivity index (χ3v) is 3.99. The number of nitrogens with one attached hydrogen (secondary N) is 1. The highest BCUT2D eigenvalue weighted by molar-refractivity contribution is 9.10. The van der Waals surface area contributed by atoms with Crippen LogP contribution in [0, 0.1) is 0 Å². The average molecular weight is 332 g/mol. The number of rotatable bonds is 4. The molecular formula is C17H18BrNO. The molecule has 0 spiro atoms. The van der Waals surface area contributed by atoms with E-state index in [1.165, 1.54) is 5.56 Å². The summed E-state index contributed by atoms with van der Waals surface area (Å²) < 4.78 is 0.965. The first-order chi connectivity index (χ1) is 9.60. The Hall–Kier alpha value is -1.61. The molecule has 0 saturated carbocycles. The zero-order valence-corrected chi connectivity index (χ0v) is 13.3. The molecular weight excluding hydrogens is 314 g/mol. The minimum atomic E-state index is -0.0891. The number of halogens is 1. The Morgan fingerprint density at radius 2 is 1.70 bits per heavy atom. The topological polar surface area (TPSA) is 29.1 Å². The number of amides is 1. The summed E-state index contributed by atoms with van der Waals surface area (Å²) in [5.41, 5.74) is 2.78. The van der Waals surface area contributed by atoms with Crippen LogP contribution in [-0.2, 0) is 0 Å². The monoisotopic (exact) mass is 331 g/mol. The average Bonchev–Trinajstić information content (AvgIpc) is 2.48. The molecule has 1 atom stereocenters. The predicted molar refractivity (Wildman–Crippen MR) is 87.2 cm³/mol. The van der Waals surface area contributed by atoms with Crippen molar-refractivity contribution in [1.29, 1.82) is 0 Å². The molecule has 104 valence electrons. The van der Waals surface area contributed by atoms with Crippen molar-refractivity contribution in [3.05, 3.63) is 64.1 Å². The van der Waals surface area contributed by atoms with E-state index in [0.717, 1.165) is 16.6 Å². The van der Waals surface area contributed by atoms with Crippen LogP contribution in [0.5, 0.6) is 0 Å². The first-order valence-electron chi connectivity index (χ1n) is 6.77. The van der Waals surface area contributed by atoms with E-state index in [0.29, 0.717) is 11.5 Å². The van der Waals surface area contributed by atoms with Gasteiger partial charge in [-0.2, -0.15) is 0 Å².